The molecule has 0 saturated carbocycles. The molecule has 2 saturated heterocycles. The Balaban J connectivity index is 0.000000162. The molecule has 340 valence electrons. The number of fused-ring (bicyclic) bond motifs is 6. The number of hydrogen-bond donors (Lipinski definition) is 0. The first-order chi connectivity index (χ1) is 31.1. The van der Waals surface area contributed by atoms with Gasteiger partial charge in [-0.25, -0.2) is 29.3 Å². The molecular formula is C48H66N14O2. The first kappa shape index (κ1) is 43.8. The van der Waals surface area contributed by atoms with Crippen LogP contribution in [0.3, 0.4) is 0 Å². The van der Waals surface area contributed by atoms with Gasteiger partial charge in [0.1, 0.15) is 60.4 Å². The summed E-state index contributed by atoms with van der Waals surface area (Å²) in [6.45, 7) is 24.7. The molecule has 0 spiro atoms. The van der Waals surface area contributed by atoms with Gasteiger partial charge in [0.05, 0.1) is 24.2 Å². The van der Waals surface area contributed by atoms with Gasteiger partial charge < -0.3 is 28.4 Å². The maximum atomic E-state index is 6.10. The van der Waals surface area contributed by atoms with E-state index in [1.54, 1.807) is 12.7 Å². The van der Waals surface area contributed by atoms with Crippen molar-refractivity contribution in [3.8, 4) is 57.3 Å². The lowest BCUT2D eigenvalue weighted by Crippen LogP contribution is -2.45. The molecule has 4 aromatic heterocycles. The number of rotatable bonds is 10. The van der Waals surface area contributed by atoms with Crippen molar-refractivity contribution in [1.29, 1.82) is 0 Å². The molecule has 16 heteroatoms. The molecule has 2 fully saturated rings. The van der Waals surface area contributed by atoms with Crippen LogP contribution >= 0.6 is 0 Å². The number of imidazole rings is 2. The van der Waals surface area contributed by atoms with E-state index in [9.17, 15) is 0 Å². The van der Waals surface area contributed by atoms with E-state index in [4.69, 9.17) is 19.4 Å². The van der Waals surface area contributed by atoms with Crippen molar-refractivity contribution in [3.63, 3.8) is 0 Å². The molecule has 2 atom stereocenters. The van der Waals surface area contributed by atoms with Gasteiger partial charge >= 0.3 is 0 Å². The number of benzene rings is 2. The van der Waals surface area contributed by atoms with Crippen molar-refractivity contribution in [2.75, 3.05) is 79.7 Å². The Kier molecular flexibility index (Phi) is 13.0. The topological polar surface area (TPSA) is 128 Å². The van der Waals surface area contributed by atoms with Crippen LogP contribution in [-0.4, -0.2) is 148 Å². The lowest BCUT2D eigenvalue weighted by Gasteiger charge is -2.38. The number of likely N-dealkylation sites (N-methyl/N-ethyl adjacent to an activating group) is 2. The summed E-state index contributed by atoms with van der Waals surface area (Å²) in [6, 6.07) is 14.6. The van der Waals surface area contributed by atoms with Gasteiger partial charge in [0.2, 0.25) is 0 Å². The smallest absolute Gasteiger partial charge is 0.178 e. The second-order valence-electron chi connectivity index (χ2n) is 18.3. The Hall–Kier alpha value is -5.42. The monoisotopic (exact) mass is 871 g/mol. The van der Waals surface area contributed by atoms with Crippen LogP contribution in [0.25, 0.3) is 45.8 Å². The van der Waals surface area contributed by atoms with Gasteiger partial charge in [-0.05, 0) is 90.0 Å². The zero-order chi connectivity index (χ0) is 44.5. The summed E-state index contributed by atoms with van der Waals surface area (Å²) in [5.41, 5.74) is 6.51. The average molecular weight is 871 g/mol. The van der Waals surface area contributed by atoms with Crippen molar-refractivity contribution in [2.24, 2.45) is 0 Å². The van der Waals surface area contributed by atoms with Gasteiger partial charge in [-0.3, -0.25) is 9.80 Å². The molecule has 0 amide bonds. The quantitative estimate of drug-likeness (QED) is 0.141. The van der Waals surface area contributed by atoms with Crippen LogP contribution in [0.1, 0.15) is 89.7 Å². The SMILES string of the molecule is CC[C@@H](c1ccc2c(c1)-c1nc(-c3ncnn3C(C)C)cn1CCO2)N1CCN(C)CC1.CC[C@H](c1ccc2c(c1)-c1nc(-c3ncnn3C(C)C)cn1CCO2)N1CCN(C)CC1. The second kappa shape index (κ2) is 19.0. The highest BCUT2D eigenvalue weighted by molar-refractivity contribution is 5.70. The van der Waals surface area contributed by atoms with Crippen molar-refractivity contribution >= 4 is 0 Å². The largest absolute Gasteiger partial charge is 0.491 e. The van der Waals surface area contributed by atoms with E-state index >= 15 is 0 Å². The molecule has 6 aromatic rings. The van der Waals surface area contributed by atoms with E-state index in [1.165, 1.54) is 11.1 Å². The minimum Gasteiger partial charge on any atom is -0.491 e. The maximum Gasteiger partial charge on any atom is 0.178 e. The third-order valence-electron chi connectivity index (χ3n) is 13.3. The lowest BCUT2D eigenvalue weighted by molar-refractivity contribution is 0.109. The summed E-state index contributed by atoms with van der Waals surface area (Å²) in [6.07, 6.45) is 9.55. The van der Waals surface area contributed by atoms with Crippen LogP contribution in [0.4, 0.5) is 0 Å². The number of aromatic nitrogens is 10. The summed E-state index contributed by atoms with van der Waals surface area (Å²) in [4.78, 5) is 29.1. The number of hydrogen-bond acceptors (Lipinski definition) is 12. The highest BCUT2D eigenvalue weighted by atomic mass is 16.5. The van der Waals surface area contributed by atoms with Gasteiger partial charge in [0.15, 0.2) is 11.6 Å². The van der Waals surface area contributed by atoms with Crippen molar-refractivity contribution in [2.45, 2.75) is 91.6 Å². The lowest BCUT2D eigenvalue weighted by atomic mass is 9.98. The molecule has 8 heterocycles. The van der Waals surface area contributed by atoms with Crippen LogP contribution in [0.5, 0.6) is 11.5 Å². The molecule has 64 heavy (non-hydrogen) atoms. The zero-order valence-corrected chi connectivity index (χ0v) is 39.1. The van der Waals surface area contributed by atoms with E-state index in [-0.39, 0.29) is 12.1 Å². The summed E-state index contributed by atoms with van der Waals surface area (Å²) in [5.74, 6) is 5.32. The van der Waals surface area contributed by atoms with Crippen LogP contribution in [-0.2, 0) is 13.1 Å². The van der Waals surface area contributed by atoms with Crippen LogP contribution < -0.4 is 9.47 Å². The number of nitrogens with zero attached hydrogens (tertiary/aromatic N) is 14. The Morgan fingerprint density at radius 2 is 0.938 bits per heavy atom. The fraction of sp³-hybridized carbons (Fsp3) is 0.542. The zero-order valence-electron chi connectivity index (χ0n) is 39.1. The first-order valence-electron chi connectivity index (χ1n) is 23.4. The van der Waals surface area contributed by atoms with E-state index in [1.807, 2.05) is 9.36 Å². The molecule has 4 aliphatic rings. The minimum atomic E-state index is 0.227. The highest BCUT2D eigenvalue weighted by Crippen LogP contribution is 2.39. The Labute approximate surface area is 377 Å². The van der Waals surface area contributed by atoms with Crippen LogP contribution in [0.15, 0.2) is 61.4 Å². The molecule has 0 bridgehead atoms. The molecule has 16 nitrogen and oxygen atoms in total. The van der Waals surface area contributed by atoms with Gasteiger partial charge in [0, 0.05) is 88.9 Å². The third-order valence-corrected chi connectivity index (χ3v) is 13.3. The van der Waals surface area contributed by atoms with Crippen LogP contribution in [0, 0.1) is 0 Å². The molecular weight excluding hydrogens is 805 g/mol. The number of piperazine rings is 2. The van der Waals surface area contributed by atoms with Gasteiger partial charge in [-0.1, -0.05) is 26.0 Å². The molecule has 0 N–H and O–H groups in total. The summed E-state index contributed by atoms with van der Waals surface area (Å²) >= 11 is 0. The Morgan fingerprint density at radius 3 is 1.31 bits per heavy atom. The second-order valence-corrected chi connectivity index (χ2v) is 18.3. The predicted octanol–water partition coefficient (Wildman–Crippen LogP) is 6.96. The molecule has 0 radical (unpaired) electrons. The molecule has 4 aliphatic heterocycles. The van der Waals surface area contributed by atoms with Crippen molar-refractivity contribution in [1.82, 2.24) is 68.2 Å². The van der Waals surface area contributed by atoms with Gasteiger partial charge in [-0.15, -0.1) is 0 Å². The molecule has 0 unspecified atom stereocenters. The van der Waals surface area contributed by atoms with E-state index < -0.39 is 0 Å². The van der Waals surface area contributed by atoms with E-state index in [0.29, 0.717) is 25.3 Å². The fourth-order valence-electron chi connectivity index (χ4n) is 9.74. The minimum absolute atomic E-state index is 0.227. The average Bonchev–Trinajstić information content (AvgIpc) is 4.11. The Morgan fingerprint density at radius 1 is 0.531 bits per heavy atom. The normalized spacial score (nSPS) is 18.2. The summed E-state index contributed by atoms with van der Waals surface area (Å²) < 4.78 is 20.4. The molecule has 10 rings (SSSR count). The predicted molar refractivity (Wildman–Crippen MR) is 249 cm³/mol. The number of ether oxygens (including phenoxy) is 2. The Bertz CT molecular complexity index is 2330. The summed E-state index contributed by atoms with van der Waals surface area (Å²) in [5, 5.41) is 8.78. The third kappa shape index (κ3) is 8.84. The molecule has 2 aromatic carbocycles. The van der Waals surface area contributed by atoms with Gasteiger partial charge in [0.25, 0.3) is 0 Å². The molecule has 0 aliphatic carbocycles. The van der Waals surface area contributed by atoms with E-state index in [0.717, 1.165) is 136 Å². The van der Waals surface area contributed by atoms with Gasteiger partial charge in [-0.2, -0.15) is 10.2 Å². The highest BCUT2D eigenvalue weighted by Gasteiger charge is 2.29. The maximum absolute atomic E-state index is 6.10. The van der Waals surface area contributed by atoms with Crippen LogP contribution in [0.2, 0.25) is 0 Å². The van der Waals surface area contributed by atoms with Crippen molar-refractivity contribution < 1.29 is 9.47 Å². The summed E-state index contributed by atoms with van der Waals surface area (Å²) in [7, 11) is 4.41. The van der Waals surface area contributed by atoms with E-state index in [2.05, 4.69) is 153 Å². The first-order valence-corrected chi connectivity index (χ1v) is 23.4. The standard InChI is InChI=1S/2C24H33N7O/c2*1-5-21(29-10-8-28(4)9-11-29)18-6-7-22-19(14-18)23-27-20(15-30(23)12-13-32-22)24-25-16-26-31(24)17(2)3/h2*6-7,14-17,21H,5,8-13H2,1-4H3/t2*21-/m10/s1. The fourth-order valence-corrected chi connectivity index (χ4v) is 9.74. The van der Waals surface area contributed by atoms with Crippen molar-refractivity contribution in [3.05, 3.63) is 72.6 Å².